The highest BCUT2D eigenvalue weighted by molar-refractivity contribution is 6.08. The van der Waals surface area contributed by atoms with E-state index in [0.717, 1.165) is 37.9 Å². The summed E-state index contributed by atoms with van der Waals surface area (Å²) in [4.78, 5) is 20.8. The van der Waals surface area contributed by atoms with E-state index >= 15 is 0 Å². The molecule has 1 aromatic heterocycles. The van der Waals surface area contributed by atoms with Crippen molar-refractivity contribution in [2.75, 3.05) is 20.2 Å². The molecule has 0 unspecified atom stereocenters. The molecule has 1 amide bonds. The number of benzene rings is 1. The summed E-state index contributed by atoms with van der Waals surface area (Å²) in [5, 5.41) is 9.99. The van der Waals surface area contributed by atoms with Gasteiger partial charge in [0, 0.05) is 13.1 Å². The summed E-state index contributed by atoms with van der Waals surface area (Å²) in [6.45, 7) is 1.50. The van der Waals surface area contributed by atoms with E-state index in [1.165, 1.54) is 0 Å². The number of hydrogen-bond acceptors (Lipinski definition) is 3. The van der Waals surface area contributed by atoms with Crippen molar-refractivity contribution in [3.05, 3.63) is 28.9 Å². The van der Waals surface area contributed by atoms with Crippen molar-refractivity contribution in [2.45, 2.75) is 19.3 Å². The van der Waals surface area contributed by atoms with E-state index in [1.54, 1.807) is 24.1 Å². The molecule has 3 rings (SSSR count). The van der Waals surface area contributed by atoms with Crippen LogP contribution in [-0.4, -0.2) is 36.0 Å². The maximum atomic E-state index is 12.6. The number of aromatic amines is 1. The van der Waals surface area contributed by atoms with Crippen LogP contribution in [-0.2, 0) is 0 Å². The van der Waals surface area contributed by atoms with Gasteiger partial charge in [0.1, 0.15) is 5.75 Å². The zero-order valence-electron chi connectivity index (χ0n) is 11.9. The number of piperidine rings is 1. The lowest BCUT2D eigenvalue weighted by atomic mass is 10.1. The second-order valence-corrected chi connectivity index (χ2v) is 5.21. The first-order chi connectivity index (χ1) is 10.2. The second-order valence-electron chi connectivity index (χ2n) is 5.21. The van der Waals surface area contributed by atoms with Gasteiger partial charge in [-0.15, -0.1) is 0 Å². The number of nitrogens with zero attached hydrogens (tertiary/aromatic N) is 3. The van der Waals surface area contributed by atoms with Gasteiger partial charge in [-0.2, -0.15) is 0 Å². The Labute approximate surface area is 122 Å². The van der Waals surface area contributed by atoms with E-state index in [2.05, 4.69) is 9.96 Å². The van der Waals surface area contributed by atoms with Crippen molar-refractivity contribution in [2.24, 2.45) is 0 Å². The molecule has 2 aromatic rings. The molecular formula is C15H17N4O2+. The summed E-state index contributed by atoms with van der Waals surface area (Å²) >= 11 is 0. The van der Waals surface area contributed by atoms with Crippen LogP contribution in [0.3, 0.4) is 0 Å². The van der Waals surface area contributed by atoms with E-state index in [9.17, 15) is 10.2 Å². The fraction of sp³-hybridized carbons (Fsp3) is 0.400. The SMILES string of the molecule is COc1ccc2[nH]c(C(=O)N3CCCCC3)c([N+]#N)c2c1. The quantitative estimate of drug-likeness (QED) is 0.860. The predicted octanol–water partition coefficient (Wildman–Crippen LogP) is 3.29. The molecule has 1 aliphatic heterocycles. The molecule has 0 atom stereocenters. The maximum Gasteiger partial charge on any atom is 0.423 e. The molecule has 21 heavy (non-hydrogen) atoms. The van der Waals surface area contributed by atoms with Gasteiger partial charge in [0.05, 0.1) is 18.0 Å². The van der Waals surface area contributed by atoms with Gasteiger partial charge in [-0.1, -0.05) is 0 Å². The summed E-state index contributed by atoms with van der Waals surface area (Å²) in [5.41, 5.74) is 1.37. The van der Waals surface area contributed by atoms with Crippen LogP contribution in [0.25, 0.3) is 15.9 Å². The summed E-state index contributed by atoms with van der Waals surface area (Å²) in [6, 6.07) is 5.37. The van der Waals surface area contributed by atoms with E-state index in [-0.39, 0.29) is 11.6 Å². The molecule has 0 bridgehead atoms. The Morgan fingerprint density at radius 1 is 1.33 bits per heavy atom. The lowest BCUT2D eigenvalue weighted by Crippen LogP contribution is -2.35. The number of diazo groups is 1. The standard InChI is InChI=1S/C15H16N4O2/c1-21-10-5-6-12-11(9-10)13(18-16)14(17-12)15(20)19-7-3-2-4-8-19/h5-6,9H,2-4,7-8H2,1H3/p+1. The first-order valence-corrected chi connectivity index (χ1v) is 7.08. The van der Waals surface area contributed by atoms with Crippen molar-refractivity contribution in [3.63, 3.8) is 0 Å². The lowest BCUT2D eigenvalue weighted by molar-refractivity contribution is 0.0720. The zero-order chi connectivity index (χ0) is 14.8. The van der Waals surface area contributed by atoms with Gasteiger partial charge in [-0.05, 0) is 37.5 Å². The summed E-state index contributed by atoms with van der Waals surface area (Å²) in [6.07, 6.45) is 3.20. The van der Waals surface area contributed by atoms with Crippen LogP contribution in [0.2, 0.25) is 0 Å². The number of H-pyrrole nitrogens is 1. The number of amides is 1. The number of carbonyl (C=O) groups is 1. The molecule has 0 aliphatic carbocycles. The molecule has 1 aliphatic rings. The summed E-state index contributed by atoms with van der Waals surface area (Å²) in [5.74, 6) is 0.543. The number of fused-ring (bicyclic) bond motifs is 1. The van der Waals surface area contributed by atoms with E-state index in [4.69, 9.17) is 4.74 Å². The molecule has 0 spiro atoms. The van der Waals surface area contributed by atoms with Crippen LogP contribution in [0.1, 0.15) is 29.8 Å². The molecule has 0 radical (unpaired) electrons. The smallest absolute Gasteiger partial charge is 0.423 e. The third kappa shape index (κ3) is 2.31. The highest BCUT2D eigenvalue weighted by atomic mass is 16.5. The Bertz CT molecular complexity index is 723. The Kier molecular flexibility index (Phi) is 3.48. The Morgan fingerprint density at radius 2 is 2.10 bits per heavy atom. The maximum absolute atomic E-state index is 12.6. The topological polar surface area (TPSA) is 73.5 Å². The van der Waals surface area contributed by atoms with Gasteiger partial charge in [-0.25, -0.2) is 0 Å². The van der Waals surface area contributed by atoms with Crippen LogP contribution in [0, 0.1) is 5.39 Å². The molecule has 108 valence electrons. The molecule has 1 saturated heterocycles. The van der Waals surface area contributed by atoms with Crippen LogP contribution in [0.4, 0.5) is 5.69 Å². The number of ether oxygens (including phenoxy) is 1. The van der Waals surface area contributed by atoms with Gasteiger partial charge in [0.15, 0.2) is 4.98 Å². The van der Waals surface area contributed by atoms with Crippen molar-refractivity contribution in [1.82, 2.24) is 9.88 Å². The van der Waals surface area contributed by atoms with E-state index in [1.807, 2.05) is 6.07 Å². The van der Waals surface area contributed by atoms with Crippen LogP contribution >= 0.6 is 0 Å². The predicted molar refractivity (Wildman–Crippen MR) is 79.3 cm³/mol. The van der Waals surface area contributed by atoms with Crippen molar-refractivity contribution in [3.8, 4) is 5.75 Å². The summed E-state index contributed by atoms with van der Waals surface area (Å²) < 4.78 is 5.18. The first-order valence-electron chi connectivity index (χ1n) is 7.08. The van der Waals surface area contributed by atoms with Crippen molar-refractivity contribution < 1.29 is 9.53 Å². The van der Waals surface area contributed by atoms with Gasteiger partial charge in [-0.3, -0.25) is 4.79 Å². The molecule has 1 fully saturated rings. The molecule has 6 heteroatoms. The average Bonchev–Trinajstić information content (AvgIpc) is 2.92. The molecular weight excluding hydrogens is 268 g/mol. The molecule has 1 N–H and O–H groups in total. The minimum Gasteiger partial charge on any atom is -0.497 e. The lowest BCUT2D eigenvalue weighted by Gasteiger charge is -2.25. The zero-order valence-corrected chi connectivity index (χ0v) is 11.9. The van der Waals surface area contributed by atoms with Crippen LogP contribution < -0.4 is 4.74 Å². The number of likely N-dealkylation sites (tertiary alicyclic amines) is 1. The number of carbonyl (C=O) groups excluding carboxylic acids is 1. The van der Waals surface area contributed by atoms with Gasteiger partial charge in [0.25, 0.3) is 5.91 Å². The minimum absolute atomic E-state index is 0.113. The number of nitrogens with one attached hydrogen (secondary N) is 1. The third-order valence-electron chi connectivity index (χ3n) is 3.94. The number of rotatable bonds is 2. The number of aromatic nitrogens is 1. The van der Waals surface area contributed by atoms with Crippen LogP contribution in [0.5, 0.6) is 5.75 Å². The minimum atomic E-state index is -0.113. The Hall–Kier alpha value is -2.55. The second kappa shape index (κ2) is 5.44. The number of methoxy groups -OCH3 is 1. The van der Waals surface area contributed by atoms with Crippen molar-refractivity contribution in [1.29, 1.82) is 5.39 Å². The largest absolute Gasteiger partial charge is 0.497 e. The van der Waals surface area contributed by atoms with Crippen LogP contribution in [0.15, 0.2) is 18.2 Å². The van der Waals surface area contributed by atoms with Gasteiger partial charge < -0.3 is 14.6 Å². The highest BCUT2D eigenvalue weighted by Crippen LogP contribution is 2.34. The van der Waals surface area contributed by atoms with E-state index < -0.39 is 0 Å². The normalized spacial score (nSPS) is 15.0. The Morgan fingerprint density at radius 3 is 2.76 bits per heavy atom. The Balaban J connectivity index is 2.05. The highest BCUT2D eigenvalue weighted by Gasteiger charge is 2.31. The summed E-state index contributed by atoms with van der Waals surface area (Å²) in [7, 11) is 1.57. The molecule has 0 saturated carbocycles. The first kappa shape index (κ1) is 13.4. The molecule has 6 nitrogen and oxygen atoms in total. The fourth-order valence-corrected chi connectivity index (χ4v) is 2.80. The van der Waals surface area contributed by atoms with E-state index in [0.29, 0.717) is 16.8 Å². The number of hydrogen-bond donors (Lipinski definition) is 1. The molecule has 2 heterocycles. The van der Waals surface area contributed by atoms with Gasteiger partial charge in [0.2, 0.25) is 11.1 Å². The van der Waals surface area contributed by atoms with Crippen molar-refractivity contribution >= 4 is 22.5 Å². The molecule has 1 aromatic carbocycles. The third-order valence-corrected chi connectivity index (χ3v) is 3.94. The average molecular weight is 285 g/mol. The fourth-order valence-electron chi connectivity index (χ4n) is 2.80. The monoisotopic (exact) mass is 285 g/mol. The van der Waals surface area contributed by atoms with Gasteiger partial charge >= 0.3 is 5.69 Å².